The molecule has 0 spiro atoms. The number of hydrogen-bond acceptors (Lipinski definition) is 4. The average Bonchev–Trinajstić information content (AvgIpc) is 2.24. The van der Waals surface area contributed by atoms with Gasteiger partial charge in [0, 0.05) is 21.6 Å². The molecule has 0 bridgehead atoms. The molecule has 0 amide bonds. The Bertz CT molecular complexity index is 411. The molecule has 1 fully saturated rings. The summed E-state index contributed by atoms with van der Waals surface area (Å²) in [5, 5.41) is 13.8. The fourth-order valence-electron chi connectivity index (χ4n) is 1.89. The molecule has 5 heteroatoms. The number of hydrogen-bond donors (Lipinski definition) is 3. The van der Waals surface area contributed by atoms with Crippen LogP contribution >= 0.6 is 27.7 Å². The van der Waals surface area contributed by atoms with Crippen molar-refractivity contribution in [3.63, 3.8) is 0 Å². The van der Waals surface area contributed by atoms with Crippen molar-refractivity contribution >= 4 is 33.4 Å². The summed E-state index contributed by atoms with van der Waals surface area (Å²) in [7, 11) is 0. The molecule has 1 aliphatic heterocycles. The van der Waals surface area contributed by atoms with Crippen LogP contribution in [-0.2, 0) is 0 Å². The van der Waals surface area contributed by atoms with Gasteiger partial charge in [-0.05, 0) is 54.0 Å². The first-order chi connectivity index (χ1) is 7.99. The number of thioether (sulfide) groups is 1. The summed E-state index contributed by atoms with van der Waals surface area (Å²) >= 11 is 5.20. The third-order valence-corrected chi connectivity index (χ3v) is 5.54. The van der Waals surface area contributed by atoms with E-state index in [1.165, 1.54) is 0 Å². The van der Waals surface area contributed by atoms with Gasteiger partial charge in [-0.1, -0.05) is 0 Å². The van der Waals surface area contributed by atoms with Gasteiger partial charge >= 0.3 is 0 Å². The topological polar surface area (TPSA) is 58.3 Å². The van der Waals surface area contributed by atoms with Gasteiger partial charge in [0.1, 0.15) is 0 Å². The van der Waals surface area contributed by atoms with E-state index < -0.39 is 5.60 Å². The second kappa shape index (κ2) is 5.18. The van der Waals surface area contributed by atoms with Crippen molar-refractivity contribution in [2.24, 2.45) is 0 Å². The Morgan fingerprint density at radius 2 is 2.35 bits per heavy atom. The summed E-state index contributed by atoms with van der Waals surface area (Å²) in [6.07, 6.45) is 0.789. The number of benzene rings is 1. The molecule has 0 aromatic heterocycles. The lowest BCUT2D eigenvalue weighted by Gasteiger charge is -2.37. The number of piperidine rings is 1. The Hall–Kier alpha value is -0.230. The van der Waals surface area contributed by atoms with E-state index in [9.17, 15) is 5.11 Å². The van der Waals surface area contributed by atoms with Crippen LogP contribution in [0, 0.1) is 0 Å². The molecule has 0 saturated carbocycles. The molecule has 1 heterocycles. The zero-order chi connectivity index (χ0) is 12.5. The molecule has 0 aliphatic carbocycles. The maximum absolute atomic E-state index is 10.3. The van der Waals surface area contributed by atoms with Crippen LogP contribution in [0.4, 0.5) is 5.69 Å². The van der Waals surface area contributed by atoms with Gasteiger partial charge in [0.15, 0.2) is 0 Å². The molecule has 1 aliphatic rings. The van der Waals surface area contributed by atoms with Gasteiger partial charge in [-0.15, -0.1) is 11.8 Å². The van der Waals surface area contributed by atoms with Crippen LogP contribution in [0.5, 0.6) is 0 Å². The van der Waals surface area contributed by atoms with E-state index in [4.69, 9.17) is 5.73 Å². The monoisotopic (exact) mass is 316 g/mol. The minimum atomic E-state index is -0.614. The van der Waals surface area contributed by atoms with Crippen molar-refractivity contribution < 1.29 is 5.11 Å². The molecule has 2 rings (SSSR count). The summed E-state index contributed by atoms with van der Waals surface area (Å²) in [5.41, 5.74) is 5.84. The summed E-state index contributed by atoms with van der Waals surface area (Å²) in [6, 6.07) is 5.78. The predicted octanol–water partition coefficient (Wildman–Crippen LogP) is 2.24. The van der Waals surface area contributed by atoms with E-state index >= 15 is 0 Å². The maximum Gasteiger partial charge on any atom is 0.0765 e. The molecule has 94 valence electrons. The first kappa shape index (κ1) is 13.2. The number of nitrogen functional groups attached to an aromatic ring is 1. The molecule has 0 radical (unpaired) electrons. The molecule has 4 N–H and O–H groups in total. The second-order valence-electron chi connectivity index (χ2n) is 4.61. The highest BCUT2D eigenvalue weighted by molar-refractivity contribution is 9.10. The molecule has 1 aromatic carbocycles. The van der Waals surface area contributed by atoms with Gasteiger partial charge < -0.3 is 16.2 Å². The highest BCUT2D eigenvalue weighted by Crippen LogP contribution is 2.37. The van der Waals surface area contributed by atoms with Crippen LogP contribution in [0.3, 0.4) is 0 Å². The quantitative estimate of drug-likeness (QED) is 0.732. The van der Waals surface area contributed by atoms with Crippen molar-refractivity contribution in [3.05, 3.63) is 22.7 Å². The predicted molar refractivity (Wildman–Crippen MR) is 76.3 cm³/mol. The van der Waals surface area contributed by atoms with E-state index in [0.29, 0.717) is 0 Å². The third-order valence-electron chi connectivity index (χ3n) is 3.06. The summed E-state index contributed by atoms with van der Waals surface area (Å²) < 4.78 is 0.990. The van der Waals surface area contributed by atoms with Crippen LogP contribution in [0.1, 0.15) is 13.3 Å². The Balaban J connectivity index is 2.14. The minimum Gasteiger partial charge on any atom is -0.399 e. The van der Waals surface area contributed by atoms with Crippen molar-refractivity contribution in [2.75, 3.05) is 18.8 Å². The summed E-state index contributed by atoms with van der Waals surface area (Å²) in [6.45, 7) is 3.62. The number of aliphatic hydroxyl groups is 1. The highest BCUT2D eigenvalue weighted by atomic mass is 79.9. The van der Waals surface area contributed by atoms with Crippen molar-refractivity contribution in [2.45, 2.75) is 29.1 Å². The van der Waals surface area contributed by atoms with Crippen LogP contribution < -0.4 is 11.1 Å². The summed E-state index contributed by atoms with van der Waals surface area (Å²) in [4.78, 5) is 1.12. The lowest BCUT2D eigenvalue weighted by atomic mass is 9.94. The lowest BCUT2D eigenvalue weighted by Crippen LogP contribution is -2.50. The SMILES string of the molecule is CC1(O)CCNCC1Sc1ccc(N)cc1Br. The number of rotatable bonds is 2. The number of anilines is 1. The fraction of sp³-hybridized carbons (Fsp3) is 0.500. The molecule has 17 heavy (non-hydrogen) atoms. The summed E-state index contributed by atoms with van der Waals surface area (Å²) in [5.74, 6) is 0. The number of halogens is 1. The van der Waals surface area contributed by atoms with Crippen molar-refractivity contribution in [1.29, 1.82) is 0 Å². The highest BCUT2D eigenvalue weighted by Gasteiger charge is 2.35. The molecular weight excluding hydrogens is 300 g/mol. The van der Waals surface area contributed by atoms with Crippen LogP contribution in [0.25, 0.3) is 0 Å². The van der Waals surface area contributed by atoms with E-state index in [-0.39, 0.29) is 5.25 Å². The van der Waals surface area contributed by atoms with Gasteiger partial charge in [0.2, 0.25) is 0 Å². The normalized spacial score (nSPS) is 29.2. The van der Waals surface area contributed by atoms with Gasteiger partial charge in [-0.3, -0.25) is 0 Å². The van der Waals surface area contributed by atoms with E-state index in [2.05, 4.69) is 21.2 Å². The van der Waals surface area contributed by atoms with Gasteiger partial charge in [-0.25, -0.2) is 0 Å². The second-order valence-corrected chi connectivity index (χ2v) is 6.71. The third kappa shape index (κ3) is 3.16. The van der Waals surface area contributed by atoms with E-state index in [1.807, 2.05) is 25.1 Å². The van der Waals surface area contributed by atoms with Gasteiger partial charge in [0.25, 0.3) is 0 Å². The lowest BCUT2D eigenvalue weighted by molar-refractivity contribution is 0.0355. The number of nitrogens with one attached hydrogen (secondary N) is 1. The van der Waals surface area contributed by atoms with Gasteiger partial charge in [-0.2, -0.15) is 0 Å². The van der Waals surface area contributed by atoms with E-state index in [0.717, 1.165) is 34.6 Å². The molecule has 1 aromatic rings. The van der Waals surface area contributed by atoms with Crippen molar-refractivity contribution in [3.8, 4) is 0 Å². The van der Waals surface area contributed by atoms with Crippen LogP contribution in [0.2, 0.25) is 0 Å². The Kier molecular flexibility index (Phi) is 4.02. The first-order valence-electron chi connectivity index (χ1n) is 5.64. The minimum absolute atomic E-state index is 0.163. The zero-order valence-electron chi connectivity index (χ0n) is 9.74. The molecule has 1 saturated heterocycles. The first-order valence-corrected chi connectivity index (χ1v) is 7.31. The Morgan fingerprint density at radius 1 is 1.59 bits per heavy atom. The van der Waals surface area contributed by atoms with Gasteiger partial charge in [0.05, 0.1) is 10.9 Å². The molecule has 3 nitrogen and oxygen atoms in total. The van der Waals surface area contributed by atoms with Crippen molar-refractivity contribution in [1.82, 2.24) is 5.32 Å². The standard InChI is InChI=1S/C12H17BrN2OS/c1-12(16)4-5-15-7-11(12)17-10-3-2-8(14)6-9(10)13/h2-3,6,11,15-16H,4-5,7,14H2,1H3. The zero-order valence-corrected chi connectivity index (χ0v) is 12.1. The fourth-order valence-corrected chi connectivity index (χ4v) is 3.76. The largest absolute Gasteiger partial charge is 0.399 e. The molecular formula is C12H17BrN2OS. The van der Waals surface area contributed by atoms with Crippen LogP contribution in [0.15, 0.2) is 27.6 Å². The Labute approximate surface area is 114 Å². The van der Waals surface area contributed by atoms with Crippen LogP contribution in [-0.4, -0.2) is 29.0 Å². The van der Waals surface area contributed by atoms with E-state index in [1.54, 1.807) is 11.8 Å². The molecule has 2 atom stereocenters. The number of nitrogens with two attached hydrogens (primary N) is 1. The smallest absolute Gasteiger partial charge is 0.0765 e. The Morgan fingerprint density at radius 3 is 3.00 bits per heavy atom. The average molecular weight is 317 g/mol. The molecule has 2 unspecified atom stereocenters. The maximum atomic E-state index is 10.3.